The molecule has 3 aromatic carbocycles. The molecular formula is C30H33N3O. The second-order valence-corrected chi connectivity index (χ2v) is 10.4. The molecule has 174 valence electrons. The molecule has 7 rings (SSSR count). The number of likely N-dealkylation sites (tertiary alicyclic amines) is 1. The summed E-state index contributed by atoms with van der Waals surface area (Å²) in [5.74, 6) is 1.60. The van der Waals surface area contributed by atoms with Gasteiger partial charge in [-0.05, 0) is 41.4 Å². The van der Waals surface area contributed by atoms with E-state index in [1.807, 2.05) is 18.2 Å². The van der Waals surface area contributed by atoms with Crippen LogP contribution in [0.25, 0.3) is 0 Å². The van der Waals surface area contributed by atoms with Gasteiger partial charge in [0.15, 0.2) is 0 Å². The Morgan fingerprint density at radius 1 is 0.882 bits per heavy atom. The molecule has 3 aromatic rings. The number of benzene rings is 3. The molecule has 2 N–H and O–H groups in total. The van der Waals surface area contributed by atoms with Crippen LogP contribution in [0.15, 0.2) is 91.0 Å². The van der Waals surface area contributed by atoms with Gasteiger partial charge in [-0.3, -0.25) is 9.69 Å². The van der Waals surface area contributed by atoms with Gasteiger partial charge in [0.05, 0.1) is 0 Å². The van der Waals surface area contributed by atoms with Crippen LogP contribution in [0.2, 0.25) is 0 Å². The molecule has 3 aliphatic heterocycles. The largest absolute Gasteiger partial charge is 0.350 e. The number of carbonyl (C=O) groups is 1. The molecule has 3 heterocycles. The minimum absolute atomic E-state index is 0.173. The van der Waals surface area contributed by atoms with Crippen molar-refractivity contribution in [1.29, 1.82) is 0 Å². The number of amides is 1. The maximum atomic E-state index is 13.9. The zero-order valence-corrected chi connectivity index (χ0v) is 19.6. The van der Waals surface area contributed by atoms with Gasteiger partial charge in [0.2, 0.25) is 5.91 Å². The van der Waals surface area contributed by atoms with Crippen molar-refractivity contribution in [2.75, 3.05) is 13.1 Å². The van der Waals surface area contributed by atoms with Gasteiger partial charge >= 0.3 is 0 Å². The first kappa shape index (κ1) is 21.6. The van der Waals surface area contributed by atoms with Gasteiger partial charge in [-0.2, -0.15) is 0 Å². The number of hydrogen-bond donors (Lipinski definition) is 2. The number of piperidine rings is 2. The highest BCUT2D eigenvalue weighted by molar-refractivity contribution is 5.87. The highest BCUT2D eigenvalue weighted by Crippen LogP contribution is 2.53. The number of carbonyl (C=O) groups excluding carboxylic acids is 1. The normalized spacial score (nSPS) is 29.8. The molecule has 0 aromatic heterocycles. The minimum Gasteiger partial charge on any atom is -0.350 e. The van der Waals surface area contributed by atoms with Crippen molar-refractivity contribution in [3.63, 3.8) is 0 Å². The van der Waals surface area contributed by atoms with Crippen LogP contribution in [0.4, 0.5) is 0 Å². The summed E-state index contributed by atoms with van der Waals surface area (Å²) < 4.78 is 0. The van der Waals surface area contributed by atoms with E-state index in [0.29, 0.717) is 24.4 Å². The standard InChI is InChI=1S/C30H33N3O/c34-29(31-18-23-12-6-2-7-13-23)30-17-25-21-33(20-24-14-8-3-9-15-24)28(26(25)19-32-30)27(30)16-22-10-4-1-5-11-22/h1-15,25-28,32H,16-21H2,(H,31,34)/t25-,26-,27+,28-,30+/m1/s1. The zero-order valence-electron chi connectivity index (χ0n) is 19.6. The van der Waals surface area contributed by atoms with E-state index in [0.717, 1.165) is 38.0 Å². The highest BCUT2D eigenvalue weighted by atomic mass is 16.2. The maximum absolute atomic E-state index is 13.9. The molecule has 1 saturated carbocycles. The van der Waals surface area contributed by atoms with E-state index < -0.39 is 5.54 Å². The summed E-state index contributed by atoms with van der Waals surface area (Å²) in [7, 11) is 0. The Hall–Kier alpha value is -2.95. The second-order valence-electron chi connectivity index (χ2n) is 10.4. The summed E-state index contributed by atoms with van der Waals surface area (Å²) in [6, 6.07) is 32.2. The van der Waals surface area contributed by atoms with Crippen molar-refractivity contribution < 1.29 is 4.79 Å². The van der Waals surface area contributed by atoms with E-state index >= 15 is 0 Å². The first-order valence-electron chi connectivity index (χ1n) is 12.6. The van der Waals surface area contributed by atoms with E-state index in [9.17, 15) is 4.79 Å². The Morgan fingerprint density at radius 2 is 1.50 bits per heavy atom. The topological polar surface area (TPSA) is 44.4 Å². The summed E-state index contributed by atoms with van der Waals surface area (Å²) in [6.07, 6.45) is 1.85. The third-order valence-electron chi connectivity index (χ3n) is 8.45. The summed E-state index contributed by atoms with van der Waals surface area (Å²) >= 11 is 0. The lowest BCUT2D eigenvalue weighted by Crippen LogP contribution is -2.74. The molecule has 4 bridgehead atoms. The second kappa shape index (κ2) is 9.01. The van der Waals surface area contributed by atoms with Crippen molar-refractivity contribution in [1.82, 2.24) is 15.5 Å². The van der Waals surface area contributed by atoms with Gasteiger partial charge in [-0.1, -0.05) is 91.0 Å². The summed E-state index contributed by atoms with van der Waals surface area (Å²) in [5, 5.41) is 7.10. The molecule has 3 saturated heterocycles. The molecule has 1 aliphatic carbocycles. The molecule has 4 aliphatic rings. The fourth-order valence-corrected chi connectivity index (χ4v) is 6.95. The smallest absolute Gasteiger partial charge is 0.240 e. The minimum atomic E-state index is -0.514. The van der Waals surface area contributed by atoms with Gasteiger partial charge in [0.1, 0.15) is 5.54 Å². The lowest BCUT2D eigenvalue weighted by Gasteiger charge is -2.56. The van der Waals surface area contributed by atoms with Crippen LogP contribution in [-0.4, -0.2) is 35.5 Å². The lowest BCUT2D eigenvalue weighted by molar-refractivity contribution is -0.138. The SMILES string of the molecule is O=C(NCc1ccccc1)[C@@]12C[C@@H]3CN(Cc4ccccc4)[C@H]([C@@H]3CN1)[C@@H]2Cc1ccccc1. The fourth-order valence-electron chi connectivity index (χ4n) is 6.95. The van der Waals surface area contributed by atoms with Crippen LogP contribution >= 0.6 is 0 Å². The highest BCUT2D eigenvalue weighted by Gasteiger charge is 2.64. The average Bonchev–Trinajstić information content (AvgIpc) is 3.19. The van der Waals surface area contributed by atoms with E-state index in [-0.39, 0.29) is 11.8 Å². The predicted octanol–water partition coefficient (Wildman–Crippen LogP) is 4.02. The van der Waals surface area contributed by atoms with Gasteiger partial charge in [-0.15, -0.1) is 0 Å². The monoisotopic (exact) mass is 451 g/mol. The predicted molar refractivity (Wildman–Crippen MR) is 135 cm³/mol. The molecule has 4 nitrogen and oxygen atoms in total. The van der Waals surface area contributed by atoms with Crippen molar-refractivity contribution in [3.05, 3.63) is 108 Å². The molecule has 1 amide bonds. The fraction of sp³-hybridized carbons (Fsp3) is 0.367. The Kier molecular flexibility index (Phi) is 5.72. The molecule has 4 fully saturated rings. The van der Waals surface area contributed by atoms with Gasteiger partial charge in [0.25, 0.3) is 0 Å². The Morgan fingerprint density at radius 3 is 2.18 bits per heavy atom. The Bertz CT molecular complexity index is 1120. The van der Waals surface area contributed by atoms with Crippen molar-refractivity contribution in [2.24, 2.45) is 17.8 Å². The number of hydrogen-bond acceptors (Lipinski definition) is 3. The number of rotatable bonds is 7. The first-order valence-corrected chi connectivity index (χ1v) is 12.6. The van der Waals surface area contributed by atoms with Crippen LogP contribution in [0.3, 0.4) is 0 Å². The van der Waals surface area contributed by atoms with Crippen molar-refractivity contribution >= 4 is 5.91 Å². The van der Waals surface area contributed by atoms with E-state index in [1.165, 1.54) is 11.1 Å². The van der Waals surface area contributed by atoms with Crippen molar-refractivity contribution in [2.45, 2.75) is 37.5 Å². The molecule has 0 radical (unpaired) electrons. The Labute approximate surface area is 202 Å². The van der Waals surface area contributed by atoms with Gasteiger partial charge in [-0.25, -0.2) is 0 Å². The molecule has 4 heteroatoms. The summed E-state index contributed by atoms with van der Waals surface area (Å²) in [5.41, 5.74) is 3.31. The average molecular weight is 452 g/mol. The number of nitrogens with zero attached hydrogens (tertiary/aromatic N) is 1. The van der Waals surface area contributed by atoms with Crippen molar-refractivity contribution in [3.8, 4) is 0 Å². The van der Waals surface area contributed by atoms with Crippen LogP contribution in [0.5, 0.6) is 0 Å². The van der Waals surface area contributed by atoms with Crippen LogP contribution < -0.4 is 10.6 Å². The summed E-state index contributed by atoms with van der Waals surface area (Å²) in [6.45, 7) is 3.56. The number of fused-ring (bicyclic) bond motifs is 1. The third-order valence-corrected chi connectivity index (χ3v) is 8.45. The van der Waals surface area contributed by atoms with Gasteiger partial charge < -0.3 is 10.6 Å². The van der Waals surface area contributed by atoms with E-state index in [4.69, 9.17) is 0 Å². The molecule has 0 unspecified atom stereocenters. The van der Waals surface area contributed by atoms with E-state index in [1.54, 1.807) is 0 Å². The molecule has 34 heavy (non-hydrogen) atoms. The van der Waals surface area contributed by atoms with E-state index in [2.05, 4.69) is 88.3 Å². The first-order chi connectivity index (χ1) is 16.7. The quantitative estimate of drug-likeness (QED) is 0.570. The maximum Gasteiger partial charge on any atom is 0.240 e. The summed E-state index contributed by atoms with van der Waals surface area (Å²) in [4.78, 5) is 16.6. The lowest BCUT2D eigenvalue weighted by atomic mass is 9.58. The van der Waals surface area contributed by atoms with Crippen LogP contribution in [0.1, 0.15) is 23.1 Å². The van der Waals surface area contributed by atoms with Crippen LogP contribution in [-0.2, 0) is 24.3 Å². The molecular weight excluding hydrogens is 418 g/mol. The third kappa shape index (κ3) is 3.85. The molecule has 0 spiro atoms. The Balaban J connectivity index is 1.31. The van der Waals surface area contributed by atoms with Gasteiger partial charge in [0, 0.05) is 38.1 Å². The zero-order chi connectivity index (χ0) is 23.0. The molecule has 5 atom stereocenters. The number of nitrogens with one attached hydrogen (secondary N) is 2. The van der Waals surface area contributed by atoms with Crippen LogP contribution in [0, 0.1) is 17.8 Å².